The highest BCUT2D eigenvalue weighted by Crippen LogP contribution is 2.12. The van der Waals surface area contributed by atoms with Crippen molar-refractivity contribution in [3.63, 3.8) is 0 Å². The molecule has 6 nitrogen and oxygen atoms in total. The van der Waals surface area contributed by atoms with Gasteiger partial charge in [0.05, 0.1) is 6.54 Å². The Morgan fingerprint density at radius 2 is 2.18 bits per heavy atom. The van der Waals surface area contributed by atoms with Crippen molar-refractivity contribution in [2.45, 2.75) is 52.7 Å². The summed E-state index contributed by atoms with van der Waals surface area (Å²) in [6.07, 6.45) is 0.968. The van der Waals surface area contributed by atoms with Crippen molar-refractivity contribution in [3.05, 3.63) is 33.2 Å². The largest absolute Gasteiger partial charge is 0.334 e. The average Bonchev–Trinajstić information content (AvgIpc) is 2.86. The van der Waals surface area contributed by atoms with Crippen molar-refractivity contribution in [3.8, 4) is 0 Å². The Bertz CT molecular complexity index is 594. The smallest absolute Gasteiger partial charge is 0.315 e. The van der Waals surface area contributed by atoms with Gasteiger partial charge in [-0.25, -0.2) is 4.79 Å². The van der Waals surface area contributed by atoms with E-state index in [1.165, 1.54) is 0 Å². The predicted molar refractivity (Wildman–Crippen MR) is 87.0 cm³/mol. The van der Waals surface area contributed by atoms with E-state index in [-0.39, 0.29) is 24.2 Å². The molecule has 1 atom stereocenters. The Morgan fingerprint density at radius 3 is 2.77 bits per heavy atom. The van der Waals surface area contributed by atoms with Gasteiger partial charge in [0, 0.05) is 36.4 Å². The lowest BCUT2D eigenvalue weighted by atomic mass is 10.1. The molecule has 0 bridgehead atoms. The first-order chi connectivity index (χ1) is 10.4. The number of carbonyl (C=O) groups is 1. The van der Waals surface area contributed by atoms with Crippen LogP contribution in [-0.2, 0) is 6.54 Å². The van der Waals surface area contributed by atoms with Gasteiger partial charge in [0.2, 0.25) is 0 Å². The number of hydrogen-bond acceptors (Lipinski definition) is 3. The number of aromatic amines is 1. The van der Waals surface area contributed by atoms with Crippen molar-refractivity contribution >= 4 is 6.03 Å². The number of amides is 2. The fourth-order valence-corrected chi connectivity index (χ4v) is 2.88. The number of nitrogens with zero attached hydrogens (tertiary/aromatic N) is 1. The molecule has 0 spiro atoms. The first-order valence-electron chi connectivity index (χ1n) is 7.84. The van der Waals surface area contributed by atoms with Gasteiger partial charge in [-0.15, -0.1) is 0 Å². The van der Waals surface area contributed by atoms with Gasteiger partial charge >= 0.3 is 6.03 Å². The van der Waals surface area contributed by atoms with Gasteiger partial charge in [0.1, 0.15) is 0 Å². The molecule has 0 aliphatic carbocycles. The molecule has 0 unspecified atom stereocenters. The van der Waals surface area contributed by atoms with Crippen LogP contribution in [0.3, 0.4) is 0 Å². The number of likely N-dealkylation sites (tertiary alicyclic amines) is 1. The molecule has 1 aromatic heterocycles. The molecule has 0 radical (unpaired) electrons. The number of carbonyl (C=O) groups excluding carboxylic acids is 1. The van der Waals surface area contributed by atoms with E-state index in [1.807, 2.05) is 19.9 Å². The Morgan fingerprint density at radius 1 is 1.45 bits per heavy atom. The van der Waals surface area contributed by atoms with Crippen LogP contribution in [0.4, 0.5) is 4.79 Å². The van der Waals surface area contributed by atoms with E-state index in [9.17, 15) is 9.59 Å². The molecular formula is C16H26N4O2. The van der Waals surface area contributed by atoms with Crippen LogP contribution < -0.4 is 16.2 Å². The van der Waals surface area contributed by atoms with Crippen LogP contribution in [0.15, 0.2) is 10.9 Å². The lowest BCUT2D eigenvalue weighted by molar-refractivity contribution is 0.233. The molecule has 0 saturated carbocycles. The molecule has 1 aliphatic heterocycles. The Hall–Kier alpha value is -1.82. The SMILES string of the molecule is Cc1cc(C)c(CNC(=O)N[C@@H]2CCN(C(C)C)C2)c(=O)[nH]1. The highest BCUT2D eigenvalue weighted by atomic mass is 16.2. The normalized spacial score (nSPS) is 18.7. The summed E-state index contributed by atoms with van der Waals surface area (Å²) in [5.41, 5.74) is 2.20. The lowest BCUT2D eigenvalue weighted by Gasteiger charge is -2.20. The van der Waals surface area contributed by atoms with Crippen LogP contribution in [0, 0.1) is 13.8 Å². The third-order valence-corrected chi connectivity index (χ3v) is 4.20. The van der Waals surface area contributed by atoms with Crippen molar-refractivity contribution in [1.29, 1.82) is 0 Å². The third-order valence-electron chi connectivity index (χ3n) is 4.20. The van der Waals surface area contributed by atoms with Crippen LogP contribution in [0.25, 0.3) is 0 Å². The van der Waals surface area contributed by atoms with Crippen molar-refractivity contribution in [2.24, 2.45) is 0 Å². The molecule has 2 heterocycles. The lowest BCUT2D eigenvalue weighted by Crippen LogP contribution is -2.44. The van der Waals surface area contributed by atoms with Gasteiger partial charge in [0.25, 0.3) is 5.56 Å². The van der Waals surface area contributed by atoms with Crippen LogP contribution in [0.5, 0.6) is 0 Å². The molecule has 1 fully saturated rings. The Kier molecular flexibility index (Phi) is 5.24. The van der Waals surface area contributed by atoms with Crippen LogP contribution in [0.1, 0.15) is 37.1 Å². The first-order valence-corrected chi connectivity index (χ1v) is 7.84. The van der Waals surface area contributed by atoms with Gasteiger partial charge in [-0.2, -0.15) is 0 Å². The molecule has 1 saturated heterocycles. The van der Waals surface area contributed by atoms with E-state index < -0.39 is 0 Å². The molecular weight excluding hydrogens is 280 g/mol. The summed E-state index contributed by atoms with van der Waals surface area (Å²) in [6.45, 7) is 10.2. The average molecular weight is 306 g/mol. The van der Waals surface area contributed by atoms with Crippen molar-refractivity contribution < 1.29 is 4.79 Å². The van der Waals surface area contributed by atoms with E-state index in [0.717, 1.165) is 30.8 Å². The molecule has 3 N–H and O–H groups in total. The zero-order valence-corrected chi connectivity index (χ0v) is 13.8. The van der Waals surface area contributed by atoms with E-state index in [2.05, 4.69) is 34.4 Å². The fourth-order valence-electron chi connectivity index (χ4n) is 2.88. The first kappa shape index (κ1) is 16.5. The van der Waals surface area contributed by atoms with Gasteiger partial charge in [0.15, 0.2) is 0 Å². The summed E-state index contributed by atoms with van der Waals surface area (Å²) in [7, 11) is 0. The standard InChI is InChI=1S/C16H26N4O2/c1-10(2)20-6-5-13(9-20)19-16(22)17-8-14-11(3)7-12(4)18-15(14)21/h7,10,13H,5-6,8-9H2,1-4H3,(H,18,21)(H2,17,19,22)/t13-/m1/s1. The summed E-state index contributed by atoms with van der Waals surface area (Å²) in [4.78, 5) is 29.0. The highest BCUT2D eigenvalue weighted by Gasteiger charge is 2.25. The second kappa shape index (κ2) is 6.96. The van der Waals surface area contributed by atoms with Crippen molar-refractivity contribution in [1.82, 2.24) is 20.5 Å². The number of hydrogen-bond donors (Lipinski definition) is 3. The Labute approximate surface area is 131 Å². The quantitative estimate of drug-likeness (QED) is 0.784. The summed E-state index contributed by atoms with van der Waals surface area (Å²) in [5.74, 6) is 0. The van der Waals surface area contributed by atoms with E-state index in [0.29, 0.717) is 11.6 Å². The number of urea groups is 1. The minimum atomic E-state index is -0.213. The van der Waals surface area contributed by atoms with E-state index >= 15 is 0 Å². The molecule has 6 heteroatoms. The maximum absolute atomic E-state index is 12.0. The van der Waals surface area contributed by atoms with Gasteiger partial charge in [-0.3, -0.25) is 9.69 Å². The maximum atomic E-state index is 12.0. The third kappa shape index (κ3) is 4.10. The molecule has 0 aromatic carbocycles. The molecule has 22 heavy (non-hydrogen) atoms. The number of pyridine rings is 1. The molecule has 2 amide bonds. The second-order valence-corrected chi connectivity index (χ2v) is 6.34. The van der Waals surface area contributed by atoms with E-state index in [4.69, 9.17) is 0 Å². The molecule has 1 aromatic rings. The van der Waals surface area contributed by atoms with Gasteiger partial charge in [-0.1, -0.05) is 0 Å². The van der Waals surface area contributed by atoms with Crippen LogP contribution >= 0.6 is 0 Å². The number of nitrogens with one attached hydrogen (secondary N) is 3. The zero-order chi connectivity index (χ0) is 16.3. The number of aromatic nitrogens is 1. The number of rotatable bonds is 4. The molecule has 1 aliphatic rings. The summed E-state index contributed by atoms with van der Waals surface area (Å²) in [6, 6.07) is 2.38. The minimum absolute atomic E-state index is 0.135. The monoisotopic (exact) mass is 306 g/mol. The summed E-state index contributed by atoms with van der Waals surface area (Å²) in [5, 5.41) is 5.76. The second-order valence-electron chi connectivity index (χ2n) is 6.34. The van der Waals surface area contributed by atoms with Crippen LogP contribution in [-0.4, -0.2) is 41.1 Å². The molecule has 2 rings (SSSR count). The topological polar surface area (TPSA) is 77.2 Å². The Balaban J connectivity index is 1.85. The summed E-state index contributed by atoms with van der Waals surface area (Å²) >= 11 is 0. The van der Waals surface area contributed by atoms with Gasteiger partial charge < -0.3 is 15.6 Å². The number of H-pyrrole nitrogens is 1. The van der Waals surface area contributed by atoms with Crippen LogP contribution in [0.2, 0.25) is 0 Å². The minimum Gasteiger partial charge on any atom is -0.334 e. The maximum Gasteiger partial charge on any atom is 0.315 e. The van der Waals surface area contributed by atoms with E-state index in [1.54, 1.807) is 0 Å². The van der Waals surface area contributed by atoms with Gasteiger partial charge in [-0.05, 0) is 45.7 Å². The predicted octanol–water partition coefficient (Wildman–Crippen LogP) is 1.27. The highest BCUT2D eigenvalue weighted by molar-refractivity contribution is 5.74. The zero-order valence-electron chi connectivity index (χ0n) is 13.8. The number of aryl methyl sites for hydroxylation is 2. The fraction of sp³-hybridized carbons (Fsp3) is 0.625. The van der Waals surface area contributed by atoms with Crippen molar-refractivity contribution in [2.75, 3.05) is 13.1 Å². The summed E-state index contributed by atoms with van der Waals surface area (Å²) < 4.78 is 0. The molecule has 122 valence electrons.